The minimum Gasteiger partial charge on any atom is -0.495 e. The lowest BCUT2D eigenvalue weighted by molar-refractivity contribution is 0.102. The molecule has 158 valence electrons. The molecule has 1 atom stereocenters. The second-order valence-electron chi connectivity index (χ2n) is 7.44. The van der Waals surface area contributed by atoms with E-state index in [1.54, 1.807) is 18.2 Å². The lowest BCUT2D eigenvalue weighted by Gasteiger charge is -2.08. The van der Waals surface area contributed by atoms with Crippen LogP contribution in [0.2, 0.25) is 5.02 Å². The number of hydrogen-bond acceptors (Lipinski definition) is 4. The van der Waals surface area contributed by atoms with Crippen LogP contribution in [0.1, 0.15) is 42.1 Å². The third kappa shape index (κ3) is 4.42. The van der Waals surface area contributed by atoms with Crippen LogP contribution in [0, 0.1) is 0 Å². The van der Waals surface area contributed by atoms with E-state index in [0.717, 1.165) is 23.1 Å². The molecule has 3 aromatic carbocycles. The first-order valence-electron chi connectivity index (χ1n) is 10.1. The fraction of sp³-hybridized carbons (Fsp3) is 0.200. The van der Waals surface area contributed by atoms with Gasteiger partial charge in [-0.2, -0.15) is 0 Å². The number of ether oxygens (including phenoxy) is 1. The predicted octanol–water partition coefficient (Wildman–Crippen LogP) is 6.92. The summed E-state index contributed by atoms with van der Waals surface area (Å²) in [6, 6.07) is 18.4. The number of carbonyl (C=O) groups is 1. The Morgan fingerprint density at radius 3 is 2.58 bits per heavy atom. The standard InChI is InChI=1S/C25H23ClN2O3/c1-4-15(2)17-7-12-23-21(14-17)28-25(31-23)16-5-9-19(10-6-16)27-24(29)18-8-11-22(30-3)20(26)13-18/h5-15H,4H2,1-3H3,(H,27,29)/t15-/m0/s1. The molecular formula is C25H23ClN2O3. The van der Waals surface area contributed by atoms with Crippen LogP contribution in [-0.4, -0.2) is 18.0 Å². The number of fused-ring (bicyclic) bond motifs is 1. The fourth-order valence-corrected chi connectivity index (χ4v) is 3.57. The molecule has 0 aliphatic carbocycles. The highest BCUT2D eigenvalue weighted by atomic mass is 35.5. The van der Waals surface area contributed by atoms with Crippen molar-refractivity contribution in [2.24, 2.45) is 0 Å². The minimum atomic E-state index is -0.253. The van der Waals surface area contributed by atoms with Crippen molar-refractivity contribution in [2.45, 2.75) is 26.2 Å². The zero-order chi connectivity index (χ0) is 22.0. The predicted molar refractivity (Wildman–Crippen MR) is 124 cm³/mol. The van der Waals surface area contributed by atoms with Gasteiger partial charge < -0.3 is 14.5 Å². The van der Waals surface area contributed by atoms with Crippen LogP contribution in [0.25, 0.3) is 22.6 Å². The fourth-order valence-electron chi connectivity index (χ4n) is 3.32. The van der Waals surface area contributed by atoms with Gasteiger partial charge in [0, 0.05) is 16.8 Å². The Labute approximate surface area is 186 Å². The summed E-state index contributed by atoms with van der Waals surface area (Å²) in [5, 5.41) is 3.25. The van der Waals surface area contributed by atoms with E-state index in [0.29, 0.717) is 33.8 Å². The van der Waals surface area contributed by atoms with E-state index < -0.39 is 0 Å². The highest BCUT2D eigenvalue weighted by Gasteiger charge is 2.12. The molecule has 6 heteroatoms. The van der Waals surface area contributed by atoms with E-state index in [1.165, 1.54) is 12.7 Å². The molecule has 0 spiro atoms. The average Bonchev–Trinajstić information content (AvgIpc) is 3.22. The number of amides is 1. The Morgan fingerprint density at radius 1 is 1.13 bits per heavy atom. The highest BCUT2D eigenvalue weighted by Crippen LogP contribution is 2.29. The van der Waals surface area contributed by atoms with Crippen molar-refractivity contribution in [1.82, 2.24) is 4.98 Å². The first-order chi connectivity index (χ1) is 15.0. The molecule has 0 unspecified atom stereocenters. The first kappa shape index (κ1) is 20.9. The van der Waals surface area contributed by atoms with Gasteiger partial charge in [0.1, 0.15) is 11.3 Å². The van der Waals surface area contributed by atoms with Crippen LogP contribution < -0.4 is 10.1 Å². The molecule has 0 aliphatic heterocycles. The minimum absolute atomic E-state index is 0.253. The zero-order valence-corrected chi connectivity index (χ0v) is 18.4. The lowest BCUT2D eigenvalue weighted by Crippen LogP contribution is -2.11. The summed E-state index contributed by atoms with van der Waals surface area (Å²) in [5.74, 6) is 1.30. The number of rotatable bonds is 6. The molecule has 0 aliphatic rings. The lowest BCUT2D eigenvalue weighted by atomic mass is 9.98. The van der Waals surface area contributed by atoms with Gasteiger partial charge in [-0.3, -0.25) is 4.79 Å². The van der Waals surface area contributed by atoms with E-state index in [2.05, 4.69) is 36.3 Å². The number of methoxy groups -OCH3 is 1. The molecular weight excluding hydrogens is 412 g/mol. The number of hydrogen-bond donors (Lipinski definition) is 1. The second kappa shape index (κ2) is 8.82. The third-order valence-corrected chi connectivity index (χ3v) is 5.69. The van der Waals surface area contributed by atoms with Gasteiger partial charge in [-0.25, -0.2) is 4.98 Å². The van der Waals surface area contributed by atoms with Crippen molar-refractivity contribution >= 4 is 34.3 Å². The maximum Gasteiger partial charge on any atom is 0.255 e. The summed E-state index contributed by atoms with van der Waals surface area (Å²) in [5.41, 5.74) is 4.82. The summed E-state index contributed by atoms with van der Waals surface area (Å²) < 4.78 is 11.0. The Balaban J connectivity index is 1.51. The van der Waals surface area contributed by atoms with E-state index >= 15 is 0 Å². The number of nitrogens with one attached hydrogen (secondary N) is 1. The number of benzene rings is 3. The molecule has 0 radical (unpaired) electrons. The van der Waals surface area contributed by atoms with Gasteiger partial charge in [-0.1, -0.05) is 31.5 Å². The number of anilines is 1. The summed E-state index contributed by atoms with van der Waals surface area (Å²) in [7, 11) is 1.53. The van der Waals surface area contributed by atoms with Crippen LogP contribution >= 0.6 is 11.6 Å². The molecule has 1 aromatic heterocycles. The maximum absolute atomic E-state index is 12.5. The quantitative estimate of drug-likeness (QED) is 0.357. The van der Waals surface area contributed by atoms with Gasteiger partial charge in [0.25, 0.3) is 5.91 Å². The highest BCUT2D eigenvalue weighted by molar-refractivity contribution is 6.32. The van der Waals surface area contributed by atoms with E-state index in [4.69, 9.17) is 20.8 Å². The molecule has 0 saturated heterocycles. The Morgan fingerprint density at radius 2 is 1.90 bits per heavy atom. The van der Waals surface area contributed by atoms with Crippen LogP contribution in [0.5, 0.6) is 5.75 Å². The van der Waals surface area contributed by atoms with Gasteiger partial charge in [0.15, 0.2) is 5.58 Å². The molecule has 4 rings (SSSR count). The number of halogens is 1. The maximum atomic E-state index is 12.5. The Bertz CT molecular complexity index is 1230. The molecule has 0 saturated carbocycles. The average molecular weight is 435 g/mol. The third-order valence-electron chi connectivity index (χ3n) is 5.40. The summed E-state index contributed by atoms with van der Waals surface area (Å²) >= 11 is 6.11. The smallest absolute Gasteiger partial charge is 0.255 e. The van der Waals surface area contributed by atoms with Crippen molar-refractivity contribution in [3.8, 4) is 17.2 Å². The van der Waals surface area contributed by atoms with E-state index in [1.807, 2.05) is 30.3 Å². The number of oxazole rings is 1. The topological polar surface area (TPSA) is 64.4 Å². The van der Waals surface area contributed by atoms with Gasteiger partial charge in [0.05, 0.1) is 12.1 Å². The van der Waals surface area contributed by atoms with Crippen molar-refractivity contribution < 1.29 is 13.9 Å². The number of nitrogens with zero attached hydrogens (tertiary/aromatic N) is 1. The van der Waals surface area contributed by atoms with Crippen LogP contribution in [0.15, 0.2) is 65.1 Å². The SMILES string of the molecule is CC[C@H](C)c1ccc2oc(-c3ccc(NC(=O)c4ccc(OC)c(Cl)c4)cc3)nc2c1. The molecule has 31 heavy (non-hydrogen) atoms. The summed E-state index contributed by atoms with van der Waals surface area (Å²) in [6.45, 7) is 4.38. The summed E-state index contributed by atoms with van der Waals surface area (Å²) in [4.78, 5) is 17.2. The van der Waals surface area contributed by atoms with Crippen LogP contribution in [0.3, 0.4) is 0 Å². The molecule has 1 amide bonds. The largest absolute Gasteiger partial charge is 0.495 e. The van der Waals surface area contributed by atoms with Gasteiger partial charge in [-0.05, 0) is 72.5 Å². The van der Waals surface area contributed by atoms with Crippen molar-refractivity contribution in [1.29, 1.82) is 0 Å². The van der Waals surface area contributed by atoms with E-state index in [9.17, 15) is 4.79 Å². The molecule has 5 nitrogen and oxygen atoms in total. The molecule has 1 heterocycles. The first-order valence-corrected chi connectivity index (χ1v) is 10.5. The Kier molecular flexibility index (Phi) is 5.96. The number of aromatic nitrogens is 1. The summed E-state index contributed by atoms with van der Waals surface area (Å²) in [6.07, 6.45) is 1.08. The van der Waals surface area contributed by atoms with Crippen molar-refractivity contribution in [3.05, 3.63) is 76.8 Å². The normalized spacial score (nSPS) is 12.0. The molecule has 0 fully saturated rings. The zero-order valence-electron chi connectivity index (χ0n) is 17.6. The second-order valence-corrected chi connectivity index (χ2v) is 7.84. The van der Waals surface area contributed by atoms with Crippen LogP contribution in [-0.2, 0) is 0 Å². The monoisotopic (exact) mass is 434 g/mol. The molecule has 4 aromatic rings. The van der Waals surface area contributed by atoms with Gasteiger partial charge >= 0.3 is 0 Å². The van der Waals surface area contributed by atoms with E-state index in [-0.39, 0.29) is 5.91 Å². The molecule has 0 bridgehead atoms. The number of carbonyl (C=O) groups excluding carboxylic acids is 1. The molecule has 1 N–H and O–H groups in total. The Hall–Kier alpha value is -3.31. The van der Waals surface area contributed by atoms with Crippen molar-refractivity contribution in [3.63, 3.8) is 0 Å². The van der Waals surface area contributed by atoms with Crippen LogP contribution in [0.4, 0.5) is 5.69 Å². The van der Waals surface area contributed by atoms with Gasteiger partial charge in [-0.15, -0.1) is 0 Å². The van der Waals surface area contributed by atoms with Gasteiger partial charge in [0.2, 0.25) is 5.89 Å². The van der Waals surface area contributed by atoms with Crippen molar-refractivity contribution in [2.75, 3.05) is 12.4 Å².